The summed E-state index contributed by atoms with van der Waals surface area (Å²) in [6.45, 7) is 3.67. The molecule has 158 valence electrons. The molecule has 0 aliphatic carbocycles. The third-order valence-corrected chi connectivity index (χ3v) is 6.71. The molecule has 1 fully saturated rings. The molecule has 2 aliphatic heterocycles. The average Bonchev–Trinajstić information content (AvgIpc) is 3.27. The molecule has 0 saturated carbocycles. The molecule has 3 aromatic rings. The first kappa shape index (κ1) is 20.0. The van der Waals surface area contributed by atoms with Crippen molar-refractivity contribution >= 4 is 22.4 Å². The minimum Gasteiger partial charge on any atom is -0.292 e. The summed E-state index contributed by atoms with van der Waals surface area (Å²) < 4.78 is 0. The van der Waals surface area contributed by atoms with Gasteiger partial charge >= 0.3 is 0 Å². The van der Waals surface area contributed by atoms with Crippen LogP contribution in [0.15, 0.2) is 77.9 Å². The molecule has 0 unspecified atom stereocenters. The number of hydrazone groups is 1. The zero-order chi connectivity index (χ0) is 21.2. The fourth-order valence-corrected chi connectivity index (χ4v) is 4.86. The number of nitrogens with zero attached hydrogens (tertiary/aromatic N) is 3. The van der Waals surface area contributed by atoms with E-state index in [1.807, 2.05) is 18.2 Å². The molecule has 2 atom stereocenters. The van der Waals surface area contributed by atoms with Gasteiger partial charge in [-0.2, -0.15) is 5.10 Å². The van der Waals surface area contributed by atoms with Crippen molar-refractivity contribution in [1.82, 2.24) is 9.91 Å². The van der Waals surface area contributed by atoms with Gasteiger partial charge in [-0.1, -0.05) is 73.2 Å². The van der Waals surface area contributed by atoms with Gasteiger partial charge in [-0.25, -0.2) is 5.01 Å². The summed E-state index contributed by atoms with van der Waals surface area (Å²) in [4.78, 5) is 15.7. The third kappa shape index (κ3) is 4.13. The minimum absolute atomic E-state index is 0.0460. The first-order valence-electron chi connectivity index (χ1n) is 11.4. The van der Waals surface area contributed by atoms with E-state index in [-0.39, 0.29) is 11.9 Å². The number of likely N-dealkylation sites (tertiary alicyclic amines) is 1. The van der Waals surface area contributed by atoms with Gasteiger partial charge in [-0.05, 0) is 54.3 Å². The maximum Gasteiger partial charge on any atom is 0.257 e. The highest BCUT2D eigenvalue weighted by Gasteiger charge is 2.34. The molecule has 4 nitrogen and oxygen atoms in total. The van der Waals surface area contributed by atoms with Crippen LogP contribution in [0, 0.1) is 0 Å². The summed E-state index contributed by atoms with van der Waals surface area (Å²) in [5.41, 5.74) is 3.23. The minimum atomic E-state index is -0.0460. The first-order valence-corrected chi connectivity index (χ1v) is 11.4. The monoisotopic (exact) mass is 411 g/mol. The Balaban J connectivity index is 1.45. The maximum atomic E-state index is 13.4. The summed E-state index contributed by atoms with van der Waals surface area (Å²) in [7, 11) is 0. The van der Waals surface area contributed by atoms with E-state index >= 15 is 0 Å². The standard InChI is InChI=1S/C27H29N3O/c1-20-9-7-8-16-29(20)19-27(31)30-26(22-11-3-2-4-12-22)18-25(28-30)24-15-14-21-10-5-6-13-23(21)17-24/h2-6,10-15,17,20,26H,7-9,16,18-19H2,1H3/t20-,26+/m1/s1. The normalized spacial score (nSPS) is 22.0. The Bertz CT molecular complexity index is 1110. The lowest BCUT2D eigenvalue weighted by Crippen LogP contribution is -2.44. The molecule has 1 saturated heterocycles. The number of amides is 1. The Morgan fingerprint density at radius 2 is 1.74 bits per heavy atom. The molecule has 31 heavy (non-hydrogen) atoms. The van der Waals surface area contributed by atoms with E-state index in [1.165, 1.54) is 30.0 Å². The van der Waals surface area contributed by atoms with Crippen LogP contribution >= 0.6 is 0 Å². The van der Waals surface area contributed by atoms with Crippen molar-refractivity contribution in [2.75, 3.05) is 13.1 Å². The second-order valence-corrected chi connectivity index (χ2v) is 8.79. The van der Waals surface area contributed by atoms with Crippen molar-refractivity contribution in [3.63, 3.8) is 0 Å². The van der Waals surface area contributed by atoms with Crippen molar-refractivity contribution in [3.05, 3.63) is 83.9 Å². The van der Waals surface area contributed by atoms with Gasteiger partial charge in [0.1, 0.15) is 0 Å². The lowest BCUT2D eigenvalue weighted by atomic mass is 9.97. The fourth-order valence-electron chi connectivity index (χ4n) is 4.86. The van der Waals surface area contributed by atoms with E-state index < -0.39 is 0 Å². The predicted octanol–water partition coefficient (Wildman–Crippen LogP) is 5.39. The van der Waals surface area contributed by atoms with E-state index in [2.05, 4.69) is 66.4 Å². The van der Waals surface area contributed by atoms with Crippen molar-refractivity contribution in [2.24, 2.45) is 5.10 Å². The molecular weight excluding hydrogens is 382 g/mol. The Hall–Kier alpha value is -2.98. The number of hydrogen-bond donors (Lipinski definition) is 0. The average molecular weight is 412 g/mol. The smallest absolute Gasteiger partial charge is 0.257 e. The second-order valence-electron chi connectivity index (χ2n) is 8.79. The van der Waals surface area contributed by atoms with Gasteiger partial charge in [-0.15, -0.1) is 0 Å². The van der Waals surface area contributed by atoms with Crippen LogP contribution in [0.5, 0.6) is 0 Å². The lowest BCUT2D eigenvalue weighted by Gasteiger charge is -2.34. The summed E-state index contributed by atoms with van der Waals surface area (Å²) >= 11 is 0. The van der Waals surface area contributed by atoms with Gasteiger partial charge in [0, 0.05) is 12.5 Å². The molecule has 0 aromatic heterocycles. The summed E-state index contributed by atoms with van der Waals surface area (Å²) in [6.07, 6.45) is 4.34. The first-order chi connectivity index (χ1) is 15.2. The number of carbonyl (C=O) groups is 1. The zero-order valence-corrected chi connectivity index (χ0v) is 18.1. The molecule has 2 heterocycles. The van der Waals surface area contributed by atoms with Crippen LogP contribution < -0.4 is 0 Å². The molecule has 1 amide bonds. The van der Waals surface area contributed by atoms with Crippen molar-refractivity contribution in [1.29, 1.82) is 0 Å². The topological polar surface area (TPSA) is 35.9 Å². The molecule has 0 radical (unpaired) electrons. The second kappa shape index (κ2) is 8.64. The summed E-state index contributed by atoms with van der Waals surface area (Å²) in [6, 6.07) is 25.6. The molecule has 2 aliphatic rings. The molecule has 3 aromatic carbocycles. The number of rotatable bonds is 4. The van der Waals surface area contributed by atoms with E-state index in [0.717, 1.165) is 29.8 Å². The maximum absolute atomic E-state index is 13.4. The van der Waals surface area contributed by atoms with Gasteiger partial charge in [0.25, 0.3) is 5.91 Å². The van der Waals surface area contributed by atoms with Crippen LogP contribution in [0.3, 0.4) is 0 Å². The number of benzene rings is 3. The van der Waals surface area contributed by atoms with E-state index in [4.69, 9.17) is 5.10 Å². The molecule has 0 bridgehead atoms. The number of carbonyl (C=O) groups excluding carboxylic acids is 1. The predicted molar refractivity (Wildman–Crippen MR) is 126 cm³/mol. The Morgan fingerprint density at radius 3 is 2.55 bits per heavy atom. The number of piperidine rings is 1. The van der Waals surface area contributed by atoms with Crippen LogP contribution in [-0.4, -0.2) is 40.7 Å². The molecule has 0 N–H and O–H groups in total. The quantitative estimate of drug-likeness (QED) is 0.577. The van der Waals surface area contributed by atoms with E-state index in [0.29, 0.717) is 12.6 Å². The largest absolute Gasteiger partial charge is 0.292 e. The van der Waals surface area contributed by atoms with Gasteiger partial charge in [0.2, 0.25) is 0 Å². The zero-order valence-electron chi connectivity index (χ0n) is 18.1. The lowest BCUT2D eigenvalue weighted by molar-refractivity contribution is -0.135. The summed E-state index contributed by atoms with van der Waals surface area (Å²) in [5, 5.41) is 9.06. The van der Waals surface area contributed by atoms with Crippen LogP contribution in [-0.2, 0) is 4.79 Å². The highest BCUT2D eigenvalue weighted by molar-refractivity contribution is 6.05. The molecule has 5 rings (SSSR count). The third-order valence-electron chi connectivity index (χ3n) is 6.71. The molecule has 4 heteroatoms. The van der Waals surface area contributed by atoms with Gasteiger partial charge in [0.05, 0.1) is 18.3 Å². The fraction of sp³-hybridized carbons (Fsp3) is 0.333. The van der Waals surface area contributed by atoms with Crippen LogP contribution in [0.2, 0.25) is 0 Å². The van der Waals surface area contributed by atoms with Crippen LogP contribution in [0.1, 0.15) is 49.8 Å². The Labute approximate surface area is 184 Å². The number of hydrogen-bond acceptors (Lipinski definition) is 3. The van der Waals surface area contributed by atoms with Crippen molar-refractivity contribution in [2.45, 2.75) is 44.7 Å². The van der Waals surface area contributed by atoms with E-state index in [9.17, 15) is 4.79 Å². The molecular formula is C27H29N3O. The van der Waals surface area contributed by atoms with Crippen LogP contribution in [0.25, 0.3) is 10.8 Å². The SMILES string of the molecule is C[C@@H]1CCCCN1CC(=O)N1N=C(c2ccc3ccccc3c2)C[C@H]1c1ccccc1. The van der Waals surface area contributed by atoms with Crippen LogP contribution in [0.4, 0.5) is 0 Å². The number of fused-ring (bicyclic) bond motifs is 1. The summed E-state index contributed by atoms with van der Waals surface area (Å²) in [5.74, 6) is 0.0957. The Morgan fingerprint density at radius 1 is 0.968 bits per heavy atom. The highest BCUT2D eigenvalue weighted by Crippen LogP contribution is 2.33. The van der Waals surface area contributed by atoms with Crippen molar-refractivity contribution in [3.8, 4) is 0 Å². The molecule has 0 spiro atoms. The Kier molecular flexibility index (Phi) is 5.56. The highest BCUT2D eigenvalue weighted by atomic mass is 16.2. The van der Waals surface area contributed by atoms with Gasteiger partial charge < -0.3 is 0 Å². The van der Waals surface area contributed by atoms with E-state index in [1.54, 1.807) is 5.01 Å². The van der Waals surface area contributed by atoms with Gasteiger partial charge in [-0.3, -0.25) is 9.69 Å². The van der Waals surface area contributed by atoms with Gasteiger partial charge in [0.15, 0.2) is 0 Å². The van der Waals surface area contributed by atoms with Crippen molar-refractivity contribution < 1.29 is 4.79 Å².